The Morgan fingerprint density at radius 1 is 1.42 bits per heavy atom. The lowest BCUT2D eigenvalue weighted by Gasteiger charge is -2.06. The minimum atomic E-state index is -0.379. The molecule has 0 aliphatic heterocycles. The quantitative estimate of drug-likeness (QED) is 0.570. The van der Waals surface area contributed by atoms with E-state index in [0.717, 1.165) is 18.6 Å². The summed E-state index contributed by atoms with van der Waals surface area (Å²) in [5.74, 6) is 0.974. The Kier molecular flexibility index (Phi) is 5.14. The van der Waals surface area contributed by atoms with Crippen molar-refractivity contribution in [1.82, 2.24) is 20.7 Å². The highest BCUT2D eigenvalue weighted by atomic mass is 32.2. The smallest absolute Gasteiger partial charge is 0.279 e. The topological polar surface area (TPSA) is 110 Å². The zero-order valence-electron chi connectivity index (χ0n) is 13.2. The van der Waals surface area contributed by atoms with Crippen molar-refractivity contribution < 1.29 is 14.1 Å². The molecule has 0 bridgehead atoms. The summed E-state index contributed by atoms with van der Waals surface area (Å²) in [5.41, 5.74) is 0.234. The van der Waals surface area contributed by atoms with Gasteiger partial charge < -0.3 is 9.84 Å². The molecule has 2 amide bonds. The highest BCUT2D eigenvalue weighted by molar-refractivity contribution is 8.01. The Bertz CT molecular complexity index is 738. The first-order valence-corrected chi connectivity index (χ1v) is 9.35. The average Bonchev–Trinajstić information content (AvgIpc) is 3.08. The third kappa shape index (κ3) is 4.54. The van der Waals surface area contributed by atoms with Crippen LogP contribution in [-0.4, -0.2) is 39.0 Å². The number of nitrogens with zero attached hydrogens (tertiary/aromatic N) is 3. The van der Waals surface area contributed by atoms with Crippen molar-refractivity contribution in [2.45, 2.75) is 43.0 Å². The van der Waals surface area contributed by atoms with Gasteiger partial charge in [-0.1, -0.05) is 28.3 Å². The van der Waals surface area contributed by atoms with Crippen LogP contribution in [0.4, 0.5) is 5.13 Å². The van der Waals surface area contributed by atoms with E-state index >= 15 is 0 Å². The van der Waals surface area contributed by atoms with Crippen LogP contribution in [-0.2, 0) is 4.79 Å². The van der Waals surface area contributed by atoms with Gasteiger partial charge in [-0.25, -0.2) is 0 Å². The summed E-state index contributed by atoms with van der Waals surface area (Å²) in [7, 11) is 0. The number of rotatable bonds is 7. The molecule has 0 aromatic carbocycles. The van der Waals surface area contributed by atoms with Crippen molar-refractivity contribution in [3.05, 3.63) is 17.5 Å². The number of nitrogens with one attached hydrogen (secondary N) is 2. The number of thioether (sulfide) groups is 1. The molecule has 8 nitrogen and oxygen atoms in total. The summed E-state index contributed by atoms with van der Waals surface area (Å²) < 4.78 is 5.77. The molecule has 128 valence electrons. The lowest BCUT2D eigenvalue weighted by Crippen LogP contribution is -2.31. The highest BCUT2D eigenvalue weighted by Crippen LogP contribution is 2.40. The van der Waals surface area contributed by atoms with E-state index in [9.17, 15) is 9.59 Å². The van der Waals surface area contributed by atoms with Gasteiger partial charge >= 0.3 is 0 Å². The molecule has 0 atom stereocenters. The van der Waals surface area contributed by atoms with Gasteiger partial charge in [-0.15, -0.1) is 10.2 Å². The van der Waals surface area contributed by atoms with Crippen molar-refractivity contribution in [2.75, 3.05) is 11.1 Å². The molecule has 2 aromatic rings. The van der Waals surface area contributed by atoms with E-state index in [2.05, 4.69) is 26.0 Å². The third-order valence-electron chi connectivity index (χ3n) is 3.14. The predicted molar refractivity (Wildman–Crippen MR) is 90.3 cm³/mol. The number of amides is 2. The van der Waals surface area contributed by atoms with Crippen molar-refractivity contribution in [3.63, 3.8) is 0 Å². The van der Waals surface area contributed by atoms with Crippen molar-refractivity contribution in [2.24, 2.45) is 0 Å². The maximum Gasteiger partial charge on any atom is 0.279 e. The molecule has 1 saturated carbocycles. The molecule has 1 aliphatic carbocycles. The second kappa shape index (κ2) is 7.31. The van der Waals surface area contributed by atoms with Crippen LogP contribution in [0.15, 0.2) is 14.9 Å². The number of hydrogen-bond acceptors (Lipinski definition) is 8. The van der Waals surface area contributed by atoms with Crippen LogP contribution in [0.25, 0.3) is 0 Å². The Hall–Kier alpha value is -1.94. The van der Waals surface area contributed by atoms with Crippen LogP contribution < -0.4 is 10.6 Å². The summed E-state index contributed by atoms with van der Waals surface area (Å²) in [4.78, 5) is 23.7. The largest absolute Gasteiger partial charge is 0.360 e. The Labute approximate surface area is 146 Å². The van der Waals surface area contributed by atoms with Crippen LogP contribution in [0.5, 0.6) is 0 Å². The summed E-state index contributed by atoms with van der Waals surface area (Å²) >= 11 is 2.49. The molecule has 24 heavy (non-hydrogen) atoms. The van der Waals surface area contributed by atoms with E-state index in [1.54, 1.807) is 6.07 Å². The maximum absolute atomic E-state index is 12.1. The van der Waals surface area contributed by atoms with Gasteiger partial charge in [-0.2, -0.15) is 0 Å². The number of carbonyl (C=O) groups excluding carboxylic acids is 2. The minimum absolute atomic E-state index is 0.0639. The third-order valence-corrected chi connectivity index (χ3v) is 5.12. The summed E-state index contributed by atoms with van der Waals surface area (Å²) in [6.07, 6.45) is 2.16. The molecule has 3 rings (SSSR count). The molecule has 2 aromatic heterocycles. The molecular formula is C14H17N5O3S2. The first-order valence-electron chi connectivity index (χ1n) is 7.55. The van der Waals surface area contributed by atoms with Crippen molar-refractivity contribution >= 4 is 40.0 Å². The number of anilines is 1. The molecule has 0 saturated heterocycles. The van der Waals surface area contributed by atoms with Crippen LogP contribution in [0.1, 0.15) is 48.9 Å². The van der Waals surface area contributed by atoms with Crippen LogP contribution in [0.2, 0.25) is 0 Å². The molecule has 0 spiro atoms. The van der Waals surface area contributed by atoms with Gasteiger partial charge in [0.15, 0.2) is 10.0 Å². The number of hydrogen-bond donors (Lipinski definition) is 2. The zero-order chi connectivity index (χ0) is 17.1. The molecule has 1 fully saturated rings. The number of carbonyl (C=O) groups is 2. The van der Waals surface area contributed by atoms with Crippen molar-refractivity contribution in [1.29, 1.82) is 0 Å². The lowest BCUT2D eigenvalue weighted by atomic mass is 10.3. The van der Waals surface area contributed by atoms with Gasteiger partial charge in [0.25, 0.3) is 5.91 Å². The SMILES string of the molecule is CC(C)NC(=O)CSc1nnc(NC(=O)c2cc(C3CC3)on2)s1. The first kappa shape index (κ1) is 16.9. The van der Waals surface area contributed by atoms with E-state index in [1.165, 1.54) is 23.1 Å². The summed E-state index contributed by atoms with van der Waals surface area (Å²) in [6.45, 7) is 3.80. The normalized spacial score (nSPS) is 14.0. The molecule has 10 heteroatoms. The lowest BCUT2D eigenvalue weighted by molar-refractivity contribution is -0.119. The molecule has 1 aliphatic rings. The first-order chi connectivity index (χ1) is 11.5. The maximum atomic E-state index is 12.1. The van der Waals surface area contributed by atoms with Gasteiger partial charge in [0.1, 0.15) is 5.76 Å². The van der Waals surface area contributed by atoms with E-state index in [1.807, 2.05) is 13.8 Å². The van der Waals surface area contributed by atoms with Gasteiger partial charge in [0.2, 0.25) is 11.0 Å². The Morgan fingerprint density at radius 3 is 2.92 bits per heavy atom. The van der Waals surface area contributed by atoms with E-state index in [-0.39, 0.29) is 29.3 Å². The van der Waals surface area contributed by atoms with Gasteiger partial charge in [0.05, 0.1) is 5.75 Å². The summed E-state index contributed by atoms with van der Waals surface area (Å²) in [5, 5.41) is 17.4. The van der Waals surface area contributed by atoms with Gasteiger partial charge in [-0.05, 0) is 26.7 Å². The minimum Gasteiger partial charge on any atom is -0.360 e. The fourth-order valence-corrected chi connectivity index (χ4v) is 3.49. The predicted octanol–water partition coefficient (Wildman–Crippen LogP) is 2.27. The Morgan fingerprint density at radius 2 is 2.21 bits per heavy atom. The standard InChI is InChI=1S/C14H17N5O3S2/c1-7(2)15-11(20)6-23-14-18-17-13(24-14)16-12(21)9-5-10(22-19-9)8-3-4-8/h5,7-8H,3-4,6H2,1-2H3,(H,15,20)(H,16,17,21). The Balaban J connectivity index is 1.51. The molecule has 2 heterocycles. The molecule has 2 N–H and O–H groups in total. The van der Waals surface area contributed by atoms with E-state index < -0.39 is 0 Å². The molecular weight excluding hydrogens is 350 g/mol. The second-order valence-corrected chi connectivity index (χ2v) is 7.93. The van der Waals surface area contributed by atoms with Crippen LogP contribution >= 0.6 is 23.1 Å². The van der Waals surface area contributed by atoms with Gasteiger partial charge in [-0.3, -0.25) is 14.9 Å². The monoisotopic (exact) mass is 367 g/mol. The zero-order valence-corrected chi connectivity index (χ0v) is 14.9. The second-order valence-electron chi connectivity index (χ2n) is 5.73. The van der Waals surface area contributed by atoms with Gasteiger partial charge in [0, 0.05) is 18.0 Å². The highest BCUT2D eigenvalue weighted by Gasteiger charge is 2.29. The van der Waals surface area contributed by atoms with E-state index in [0.29, 0.717) is 15.4 Å². The summed E-state index contributed by atoms with van der Waals surface area (Å²) in [6, 6.07) is 1.77. The van der Waals surface area contributed by atoms with Crippen molar-refractivity contribution in [3.8, 4) is 0 Å². The van der Waals surface area contributed by atoms with Crippen LogP contribution in [0.3, 0.4) is 0 Å². The van der Waals surface area contributed by atoms with E-state index in [4.69, 9.17) is 4.52 Å². The average molecular weight is 367 g/mol. The fourth-order valence-electron chi connectivity index (χ4n) is 1.93. The fraction of sp³-hybridized carbons (Fsp3) is 0.500. The van der Waals surface area contributed by atoms with Crippen LogP contribution in [0, 0.1) is 0 Å². The number of aromatic nitrogens is 3. The molecule has 0 unspecified atom stereocenters. The molecule has 0 radical (unpaired) electrons.